The van der Waals surface area contributed by atoms with E-state index >= 15 is 0 Å². The molecule has 1 saturated heterocycles. The number of carbonyl (C=O) groups is 3. The van der Waals surface area contributed by atoms with Gasteiger partial charge in [0.1, 0.15) is 6.29 Å². The molecule has 0 spiro atoms. The van der Waals surface area contributed by atoms with E-state index in [-0.39, 0.29) is 30.4 Å². The maximum absolute atomic E-state index is 12.4. The number of carbonyl (C=O) groups excluding carboxylic acids is 3. The number of hydrogen-bond donors (Lipinski definition) is 1. The molecule has 0 aliphatic carbocycles. The van der Waals surface area contributed by atoms with Crippen molar-refractivity contribution >= 4 is 40.7 Å². The fourth-order valence-corrected chi connectivity index (χ4v) is 4.24. The van der Waals surface area contributed by atoms with Crippen molar-refractivity contribution in [2.75, 3.05) is 12.8 Å². The van der Waals surface area contributed by atoms with E-state index in [1.54, 1.807) is 11.9 Å². The number of nitrogens with zero attached hydrogens (tertiary/aromatic N) is 1. The van der Waals surface area contributed by atoms with E-state index < -0.39 is 6.04 Å². The van der Waals surface area contributed by atoms with Gasteiger partial charge < -0.3 is 9.69 Å². The molecule has 1 amide bonds. The van der Waals surface area contributed by atoms with Gasteiger partial charge in [-0.2, -0.15) is 0 Å². The normalized spacial score (nSPS) is 19.4. The second-order valence-electron chi connectivity index (χ2n) is 6.56. The van der Waals surface area contributed by atoms with Gasteiger partial charge in [0.15, 0.2) is 5.78 Å². The van der Waals surface area contributed by atoms with Crippen molar-refractivity contribution < 1.29 is 14.4 Å². The zero-order valence-corrected chi connectivity index (χ0v) is 15.5. The summed E-state index contributed by atoms with van der Waals surface area (Å²) in [5.74, 6) is 0.170. The van der Waals surface area contributed by atoms with E-state index in [0.717, 1.165) is 22.6 Å². The molecular formula is C20H22N2O3S. The van der Waals surface area contributed by atoms with Crippen LogP contribution in [0.3, 0.4) is 0 Å². The highest BCUT2D eigenvalue weighted by Gasteiger charge is 2.32. The lowest BCUT2D eigenvalue weighted by Crippen LogP contribution is -2.36. The maximum Gasteiger partial charge on any atom is 0.223 e. The highest BCUT2D eigenvalue weighted by atomic mass is 32.2. The predicted molar refractivity (Wildman–Crippen MR) is 104 cm³/mol. The van der Waals surface area contributed by atoms with Crippen LogP contribution in [0.25, 0.3) is 10.8 Å². The first-order valence-corrected chi connectivity index (χ1v) is 9.64. The van der Waals surface area contributed by atoms with Crippen LogP contribution in [0.5, 0.6) is 0 Å². The summed E-state index contributed by atoms with van der Waals surface area (Å²) >= 11 is 1.39. The molecule has 5 nitrogen and oxygen atoms in total. The van der Waals surface area contributed by atoms with E-state index in [0.29, 0.717) is 12.3 Å². The van der Waals surface area contributed by atoms with Gasteiger partial charge in [0, 0.05) is 38.1 Å². The van der Waals surface area contributed by atoms with E-state index in [2.05, 4.69) is 22.9 Å². The van der Waals surface area contributed by atoms with Crippen molar-refractivity contribution in [1.82, 2.24) is 9.62 Å². The van der Waals surface area contributed by atoms with Gasteiger partial charge >= 0.3 is 0 Å². The molecule has 2 aromatic carbocycles. The summed E-state index contributed by atoms with van der Waals surface area (Å²) in [5, 5.41) is 2.28. The van der Waals surface area contributed by atoms with Crippen molar-refractivity contribution in [2.24, 2.45) is 5.92 Å². The van der Waals surface area contributed by atoms with Crippen LogP contribution < -0.4 is 4.72 Å². The number of benzene rings is 2. The molecule has 1 fully saturated rings. The largest absolute Gasteiger partial charge is 0.341 e. The summed E-state index contributed by atoms with van der Waals surface area (Å²) in [6.07, 6.45) is 1.14. The number of hydrogen-bond acceptors (Lipinski definition) is 5. The summed E-state index contributed by atoms with van der Waals surface area (Å²) in [4.78, 5) is 37.4. The quantitative estimate of drug-likeness (QED) is 0.599. The van der Waals surface area contributed by atoms with E-state index in [1.165, 1.54) is 11.9 Å². The van der Waals surface area contributed by atoms with Gasteiger partial charge in [0.2, 0.25) is 5.91 Å². The van der Waals surface area contributed by atoms with E-state index in [4.69, 9.17) is 0 Å². The van der Waals surface area contributed by atoms with E-state index in [9.17, 15) is 14.4 Å². The Kier molecular flexibility index (Phi) is 6.06. The van der Waals surface area contributed by atoms with Crippen molar-refractivity contribution in [3.05, 3.63) is 48.0 Å². The van der Waals surface area contributed by atoms with Gasteiger partial charge in [-0.25, -0.2) is 0 Å². The Morgan fingerprint density at radius 3 is 2.77 bits per heavy atom. The molecule has 136 valence electrons. The zero-order chi connectivity index (χ0) is 18.5. The first kappa shape index (κ1) is 18.6. The monoisotopic (exact) mass is 370 g/mol. The lowest BCUT2D eigenvalue weighted by molar-refractivity contribution is -0.133. The smallest absolute Gasteiger partial charge is 0.223 e. The molecule has 0 bridgehead atoms. The highest BCUT2D eigenvalue weighted by Crippen LogP contribution is 2.22. The van der Waals surface area contributed by atoms with Crippen LogP contribution in [0, 0.1) is 5.92 Å². The van der Waals surface area contributed by atoms with Crippen LogP contribution >= 0.6 is 11.9 Å². The van der Waals surface area contributed by atoms with Crippen molar-refractivity contribution in [3.63, 3.8) is 0 Å². The molecule has 1 heterocycles. The number of Topliss-reactive ketones (excluding diaryl/α,β-unsaturated/α-hetero) is 1. The van der Waals surface area contributed by atoms with E-state index in [1.807, 2.05) is 24.3 Å². The Balaban J connectivity index is 1.58. The maximum atomic E-state index is 12.4. The zero-order valence-electron chi connectivity index (χ0n) is 14.7. The number of ketones is 1. The minimum Gasteiger partial charge on any atom is -0.341 e. The lowest BCUT2D eigenvalue weighted by Gasteiger charge is -2.19. The number of nitrogens with one attached hydrogen (secondary N) is 1. The molecule has 0 aromatic heterocycles. The summed E-state index contributed by atoms with van der Waals surface area (Å²) < 4.78 is 2.98. The van der Waals surface area contributed by atoms with Gasteiger partial charge in [-0.1, -0.05) is 54.4 Å². The number of aldehydes is 1. The SMILES string of the molecule is CN(Cc1cccc2ccccc12)C(=O)CCC(=O)C1NSC[C@H]1C=O. The predicted octanol–water partition coefficient (Wildman–Crippen LogP) is 2.58. The minimum absolute atomic E-state index is 0.0698. The second-order valence-corrected chi connectivity index (χ2v) is 7.42. The first-order chi connectivity index (χ1) is 12.6. The number of rotatable bonds is 7. The first-order valence-electron chi connectivity index (χ1n) is 8.66. The summed E-state index contributed by atoms with van der Waals surface area (Å²) in [7, 11) is 1.76. The third kappa shape index (κ3) is 4.14. The van der Waals surface area contributed by atoms with Crippen LogP contribution in [0.4, 0.5) is 0 Å². The molecule has 6 heteroatoms. The molecule has 2 aromatic rings. The van der Waals surface area contributed by atoms with Crippen LogP contribution in [-0.2, 0) is 20.9 Å². The second kappa shape index (κ2) is 8.47. The average Bonchev–Trinajstić information content (AvgIpc) is 3.15. The van der Waals surface area contributed by atoms with Crippen molar-refractivity contribution in [1.29, 1.82) is 0 Å². The molecule has 26 heavy (non-hydrogen) atoms. The van der Waals surface area contributed by atoms with Gasteiger partial charge in [-0.05, 0) is 16.3 Å². The highest BCUT2D eigenvalue weighted by molar-refractivity contribution is 7.97. The fourth-order valence-electron chi connectivity index (χ4n) is 3.19. The molecule has 3 rings (SSSR count). The molecule has 1 aliphatic rings. The molecule has 1 N–H and O–H groups in total. The molecule has 1 aliphatic heterocycles. The summed E-state index contributed by atoms with van der Waals surface area (Å²) in [6, 6.07) is 13.7. The molecular weight excluding hydrogens is 348 g/mol. The van der Waals surface area contributed by atoms with Crippen LogP contribution in [0.1, 0.15) is 18.4 Å². The topological polar surface area (TPSA) is 66.5 Å². The van der Waals surface area contributed by atoms with Crippen LogP contribution in [0.2, 0.25) is 0 Å². The standard InChI is InChI=1S/C20H22N2O3S/c1-22(11-15-7-4-6-14-5-2-3-8-17(14)15)19(25)10-9-18(24)20-16(12-23)13-26-21-20/h2-8,12,16,20-21H,9-11,13H2,1H3/t16-,20?/m1/s1. The molecule has 0 radical (unpaired) electrons. The fraction of sp³-hybridized carbons (Fsp3) is 0.350. The average molecular weight is 370 g/mol. The third-order valence-corrected chi connectivity index (χ3v) is 5.71. The molecule has 2 atom stereocenters. The summed E-state index contributed by atoms with van der Waals surface area (Å²) in [6.45, 7) is 0.503. The Morgan fingerprint density at radius 2 is 1.96 bits per heavy atom. The van der Waals surface area contributed by atoms with Crippen LogP contribution in [-0.4, -0.2) is 41.7 Å². The lowest BCUT2D eigenvalue weighted by atomic mass is 9.97. The van der Waals surface area contributed by atoms with Gasteiger partial charge in [-0.15, -0.1) is 0 Å². The number of fused-ring (bicyclic) bond motifs is 1. The van der Waals surface area contributed by atoms with Gasteiger partial charge in [0.05, 0.1) is 6.04 Å². The Labute approximate surface area is 157 Å². The molecule has 1 unspecified atom stereocenters. The van der Waals surface area contributed by atoms with Crippen molar-refractivity contribution in [2.45, 2.75) is 25.4 Å². The van der Waals surface area contributed by atoms with Gasteiger partial charge in [0.25, 0.3) is 0 Å². The Bertz CT molecular complexity index is 818. The molecule has 0 saturated carbocycles. The van der Waals surface area contributed by atoms with Crippen LogP contribution in [0.15, 0.2) is 42.5 Å². The summed E-state index contributed by atoms with van der Waals surface area (Å²) in [5.41, 5.74) is 1.08. The number of amides is 1. The Morgan fingerprint density at radius 1 is 1.19 bits per heavy atom. The minimum atomic E-state index is -0.464. The van der Waals surface area contributed by atoms with Gasteiger partial charge in [-0.3, -0.25) is 14.3 Å². The van der Waals surface area contributed by atoms with Crippen molar-refractivity contribution in [3.8, 4) is 0 Å². The Hall–Kier alpha value is -2.18. The third-order valence-electron chi connectivity index (χ3n) is 4.73.